The third-order valence-corrected chi connectivity index (χ3v) is 0.836. The predicted molar refractivity (Wildman–Crippen MR) is 165 cm³/mol. The van der Waals surface area contributed by atoms with E-state index in [9.17, 15) is 159 Å². The molecule has 0 aliphatic carbocycles. The molecule has 0 amide bonds. The van der Waals surface area contributed by atoms with E-state index in [4.69, 9.17) is 0 Å². The number of carbonyl (C=O) groups excluding carboxylic acids is 2. The molecule has 0 aromatic heterocycles. The highest BCUT2D eigenvalue weighted by atomic mass is 19.5. The fourth-order valence-electron chi connectivity index (χ4n) is 0.303. The largest absolute Gasteiger partial charge is 0.559 e. The summed E-state index contributed by atoms with van der Waals surface area (Å²) in [5, 5.41) is 0. The topological polar surface area (TPSA) is 52.6 Å². The van der Waals surface area contributed by atoms with Crippen molar-refractivity contribution in [1.82, 2.24) is 0 Å². The first-order valence-electron chi connectivity index (χ1n) is 12.0. The van der Waals surface area contributed by atoms with Gasteiger partial charge in [0.15, 0.2) is 27.4 Å². The Morgan fingerprint density at radius 2 is 0.444 bits per heavy atom. The van der Waals surface area contributed by atoms with Gasteiger partial charge in [0.1, 0.15) is 0 Å². The second-order valence-electron chi connectivity index (χ2n) is 3.82. The van der Waals surface area contributed by atoms with Crippen molar-refractivity contribution in [3.8, 4) is 0 Å². The Hall–Kier alpha value is -3.38. The van der Waals surface area contributed by atoms with Gasteiger partial charge in [0, 0.05) is 6.08 Å². The van der Waals surface area contributed by atoms with Gasteiger partial charge < -0.3 is 9.47 Å². The number of halogens is 34. The van der Waals surface area contributed by atoms with E-state index < -0.39 is 71.7 Å². The first-order valence-corrected chi connectivity index (χ1v) is 12.0. The Morgan fingerprint density at radius 1 is 0.333 bits per heavy atom. The molecule has 0 aromatic rings. The lowest BCUT2D eigenvalue weighted by Crippen LogP contribution is -1.92. The number of hydrogen-bond acceptors (Lipinski definition) is 4. The highest BCUT2D eigenvalue weighted by molar-refractivity contribution is 5.81. The highest BCUT2D eigenvalue weighted by Gasteiger charge is 2.26. The summed E-state index contributed by atoms with van der Waals surface area (Å²) >= 11 is 0. The van der Waals surface area contributed by atoms with Gasteiger partial charge in [-0.1, -0.05) is 6.08 Å². The summed E-state index contributed by atoms with van der Waals surface area (Å²) in [6.45, 7) is -4.12. The van der Waals surface area contributed by atoms with Crippen molar-refractivity contribution in [1.29, 1.82) is 0 Å². The summed E-state index contributed by atoms with van der Waals surface area (Å²) in [6, 6.07) is -3.27. The number of rotatable bonds is 7. The van der Waals surface area contributed by atoms with Gasteiger partial charge in [-0.3, -0.25) is 62.3 Å². The summed E-state index contributed by atoms with van der Waals surface area (Å²) in [6.07, 6.45) is -21.2. The molecule has 0 aliphatic rings. The minimum absolute atomic E-state index is 0.498. The molecular formula is C25H48F34O4. The molecule has 0 spiro atoms. The number of carbonyl (C=O) groups is 2. The van der Waals surface area contributed by atoms with Gasteiger partial charge in [0.05, 0.1) is 92.6 Å². The van der Waals surface area contributed by atoms with E-state index in [-0.39, 0.29) is 0 Å². The molecule has 0 saturated carbocycles. The van der Waals surface area contributed by atoms with Crippen LogP contribution >= 0.6 is 0 Å². The summed E-state index contributed by atoms with van der Waals surface area (Å²) in [7, 11) is 6.00. The van der Waals surface area contributed by atoms with Crippen LogP contribution in [-0.4, -0.2) is 151 Å². The van der Waals surface area contributed by atoms with Crippen LogP contribution in [0.5, 0.6) is 0 Å². The third-order valence-electron chi connectivity index (χ3n) is 0.836. The lowest BCUT2D eigenvalue weighted by molar-refractivity contribution is -0.238. The quantitative estimate of drug-likeness (QED) is 0.145. The minimum Gasteiger partial charge on any atom is -0.319 e. The molecule has 0 atom stereocenters. The van der Waals surface area contributed by atoms with E-state index >= 15 is 0 Å². The first-order chi connectivity index (χ1) is 29.0. The second kappa shape index (κ2) is 153. The molecule has 4 nitrogen and oxygen atoms in total. The molecule has 0 heterocycles. The molecular weight excluding hydrogens is 1010 g/mol. The van der Waals surface area contributed by atoms with Crippen LogP contribution in [-0.2, 0) is 19.1 Å². The van der Waals surface area contributed by atoms with Crippen LogP contribution in [0.1, 0.15) is 6.42 Å². The monoisotopic (exact) mass is 1060 g/mol. The SMILES string of the molecule is CF.CF.CF.CF.CF.CF.CF.CF.CF.CF.CF.CF.FC(F)(F)F.FC(F)(F)F.FC(F)(F)F.FC(F)(F)F.FCOCF.FCOCF.O=C(F)/C=C\CC(=O)F. The van der Waals surface area contributed by atoms with E-state index in [0.717, 1.165) is 6.08 Å². The van der Waals surface area contributed by atoms with E-state index in [1.165, 1.54) is 0 Å². The van der Waals surface area contributed by atoms with Crippen LogP contribution < -0.4 is 0 Å². The van der Waals surface area contributed by atoms with Crippen LogP contribution in [0.25, 0.3) is 0 Å². The fourth-order valence-corrected chi connectivity index (χ4v) is 0.303. The van der Waals surface area contributed by atoms with Crippen molar-refractivity contribution in [2.45, 2.75) is 32.1 Å². The second-order valence-corrected chi connectivity index (χ2v) is 3.82. The molecule has 0 bridgehead atoms. The Bertz CT molecular complexity index is 484. The van der Waals surface area contributed by atoms with Gasteiger partial charge in [0.25, 0.3) is 0 Å². The van der Waals surface area contributed by atoms with Crippen LogP contribution in [0.4, 0.5) is 149 Å². The standard InChI is InChI=1S/C5H4F2O2.2C2H4F2O.4CF4.12CH3F/c6-4(8)2-1-3-5(7)9;2*3-1-5-2-4;4*2-1(3,4)5;12*1-2/h1-2H,3H2;2*1-2H2;;;;;12*1H3/b2-1-;;;;;;;;;;;;;;;;;;. The third kappa shape index (κ3) is 4290. The number of ether oxygens (including phenoxy) is 2. The molecule has 0 radical (unpaired) electrons. The van der Waals surface area contributed by atoms with Gasteiger partial charge >= 0.3 is 37.8 Å². The van der Waals surface area contributed by atoms with Crippen LogP contribution in [0.15, 0.2) is 12.2 Å². The van der Waals surface area contributed by atoms with Gasteiger partial charge in [0.2, 0.25) is 0 Å². The molecule has 38 heteroatoms. The van der Waals surface area contributed by atoms with Crippen molar-refractivity contribution < 1.29 is 168 Å². The summed E-state index contributed by atoms with van der Waals surface area (Å²) in [5.41, 5.74) is 0. The highest BCUT2D eigenvalue weighted by Crippen LogP contribution is 2.15. The Morgan fingerprint density at radius 3 is 0.492 bits per heavy atom. The van der Waals surface area contributed by atoms with Crippen molar-refractivity contribution in [3.05, 3.63) is 12.2 Å². The van der Waals surface area contributed by atoms with Crippen LogP contribution in [0.2, 0.25) is 0 Å². The smallest absolute Gasteiger partial charge is 0.319 e. The first kappa shape index (κ1) is 124. The summed E-state index contributed by atoms with van der Waals surface area (Å²) in [5.74, 6) is 0. The Kier molecular flexibility index (Phi) is 302. The summed E-state index contributed by atoms with van der Waals surface area (Å²) in [4.78, 5) is 18.9. The van der Waals surface area contributed by atoms with Crippen LogP contribution in [0.3, 0.4) is 0 Å². The van der Waals surface area contributed by atoms with E-state index in [0.29, 0.717) is 92.2 Å². The Labute approximate surface area is 339 Å². The van der Waals surface area contributed by atoms with Gasteiger partial charge in [-0.15, -0.1) is 70.2 Å². The molecule has 0 fully saturated rings. The number of allylic oxidation sites excluding steroid dienone is 2. The normalized spacial score (nSPS) is 7.71. The molecule has 63 heavy (non-hydrogen) atoms. The maximum atomic E-state index is 11.2. The number of hydrogen-bond donors (Lipinski definition) is 0. The lowest BCUT2D eigenvalue weighted by atomic mass is 10.4. The minimum atomic E-state index is -5.50. The predicted octanol–water partition coefficient (Wildman–Crippen LogP) is 15.6. The molecule has 0 rings (SSSR count). The maximum Gasteiger partial charge on any atom is 0.559 e. The van der Waals surface area contributed by atoms with E-state index in [1.807, 2.05) is 0 Å². The van der Waals surface area contributed by atoms with Crippen molar-refractivity contribution >= 4 is 12.1 Å². The average molecular weight is 1060 g/mol. The zero-order valence-corrected chi connectivity index (χ0v) is 34.2. The molecule has 410 valence electrons. The molecule has 0 N–H and O–H groups in total. The fraction of sp³-hybridized carbons (Fsp3) is 0.840. The van der Waals surface area contributed by atoms with Gasteiger partial charge in [-0.25, -0.2) is 17.6 Å². The van der Waals surface area contributed by atoms with Crippen molar-refractivity contribution in [2.24, 2.45) is 0 Å². The van der Waals surface area contributed by atoms with E-state index in [2.05, 4.69) is 9.47 Å². The Balaban J connectivity index is -0.0000000196. The average Bonchev–Trinajstić information content (AvgIpc) is 3.22. The van der Waals surface area contributed by atoms with E-state index in [1.54, 1.807) is 0 Å². The van der Waals surface area contributed by atoms with Crippen LogP contribution in [0, 0.1) is 0 Å². The molecule has 0 unspecified atom stereocenters. The molecule has 0 aliphatic heterocycles. The summed E-state index contributed by atoms with van der Waals surface area (Å²) < 4.78 is 341. The van der Waals surface area contributed by atoms with Gasteiger partial charge in [-0.2, -0.15) is 8.78 Å². The zero-order chi connectivity index (χ0) is 57.5. The number of alkyl halides is 32. The molecule has 0 saturated heterocycles. The van der Waals surface area contributed by atoms with Gasteiger partial charge in [-0.05, 0) is 0 Å². The zero-order valence-electron chi connectivity index (χ0n) is 34.2. The maximum absolute atomic E-state index is 11.2. The van der Waals surface area contributed by atoms with Crippen molar-refractivity contribution in [2.75, 3.05) is 114 Å². The lowest BCUT2D eigenvalue weighted by Gasteiger charge is -1.82. The van der Waals surface area contributed by atoms with Crippen molar-refractivity contribution in [3.63, 3.8) is 0 Å². The molecule has 0 aromatic carbocycles.